The zero-order valence-electron chi connectivity index (χ0n) is 13.3. The van der Waals surface area contributed by atoms with Crippen molar-refractivity contribution in [2.24, 2.45) is 5.73 Å². The Morgan fingerprint density at radius 2 is 1.86 bits per heavy atom. The number of benzene rings is 1. The van der Waals surface area contributed by atoms with Crippen molar-refractivity contribution < 1.29 is 9.47 Å². The predicted molar refractivity (Wildman–Crippen MR) is 86.0 cm³/mol. The van der Waals surface area contributed by atoms with E-state index in [0.29, 0.717) is 25.8 Å². The maximum atomic E-state index is 5.86. The Balaban J connectivity index is 2.31. The molecule has 118 valence electrons. The van der Waals surface area contributed by atoms with Gasteiger partial charge in [0.05, 0.1) is 13.2 Å². The summed E-state index contributed by atoms with van der Waals surface area (Å²) in [6.07, 6.45) is 3.50. The Morgan fingerprint density at radius 1 is 1.14 bits per heavy atom. The molecule has 1 aromatic rings. The molecule has 0 saturated carbocycles. The number of ether oxygens (including phenoxy) is 2. The highest BCUT2D eigenvalue weighted by molar-refractivity contribution is 5.42. The van der Waals surface area contributed by atoms with E-state index < -0.39 is 0 Å². The summed E-state index contributed by atoms with van der Waals surface area (Å²) in [6.45, 7) is 8.37. The maximum Gasteiger partial charge on any atom is 0.124 e. The van der Waals surface area contributed by atoms with Gasteiger partial charge in [0, 0.05) is 11.6 Å². The minimum absolute atomic E-state index is 0.333. The molecule has 0 aromatic heterocycles. The first-order chi connectivity index (χ1) is 10.3. The molecular weight excluding hydrogens is 264 g/mol. The molecule has 1 aromatic carbocycles. The molecule has 2 N–H and O–H groups in total. The molecular formula is C17H28N2O2. The Hall–Kier alpha value is -1.26. The number of likely N-dealkylation sites (tertiary alicyclic amines) is 1. The van der Waals surface area contributed by atoms with E-state index in [1.807, 2.05) is 26.0 Å². The molecule has 1 aliphatic rings. The molecule has 1 fully saturated rings. The number of nitrogens with two attached hydrogens (primary N) is 1. The predicted octanol–water partition coefficient (Wildman–Crippen LogP) is 2.97. The Morgan fingerprint density at radius 3 is 2.48 bits per heavy atom. The van der Waals surface area contributed by atoms with Crippen LogP contribution in [0.15, 0.2) is 18.2 Å². The van der Waals surface area contributed by atoms with Crippen molar-refractivity contribution in [3.63, 3.8) is 0 Å². The van der Waals surface area contributed by atoms with Gasteiger partial charge in [0.15, 0.2) is 0 Å². The number of hydrogen-bond donors (Lipinski definition) is 1. The van der Waals surface area contributed by atoms with Gasteiger partial charge >= 0.3 is 0 Å². The van der Waals surface area contributed by atoms with Gasteiger partial charge in [0.1, 0.15) is 11.5 Å². The average molecular weight is 292 g/mol. The van der Waals surface area contributed by atoms with Gasteiger partial charge in [-0.15, -0.1) is 0 Å². The standard InChI is InChI=1S/C17H28N2O2/c1-3-20-14-7-8-17(21-4-2)15(13-14)16(9-10-18)19-11-5-6-12-19/h7-8,13,16H,3-6,9-12,18H2,1-2H3. The van der Waals surface area contributed by atoms with Crippen LogP contribution < -0.4 is 15.2 Å². The van der Waals surface area contributed by atoms with Crippen molar-refractivity contribution >= 4 is 0 Å². The van der Waals surface area contributed by atoms with Gasteiger partial charge in [-0.1, -0.05) is 0 Å². The molecule has 1 heterocycles. The Labute approximate surface area is 128 Å². The molecule has 1 saturated heterocycles. The second-order valence-electron chi connectivity index (χ2n) is 5.40. The summed E-state index contributed by atoms with van der Waals surface area (Å²) in [6, 6.07) is 6.48. The fraction of sp³-hybridized carbons (Fsp3) is 0.647. The van der Waals surface area contributed by atoms with Crippen molar-refractivity contribution in [1.29, 1.82) is 0 Å². The lowest BCUT2D eigenvalue weighted by Crippen LogP contribution is -2.28. The van der Waals surface area contributed by atoms with Crippen molar-refractivity contribution in [1.82, 2.24) is 4.90 Å². The Bertz CT molecular complexity index is 431. The van der Waals surface area contributed by atoms with Gasteiger partial charge in [-0.25, -0.2) is 0 Å². The number of nitrogens with zero attached hydrogens (tertiary/aromatic N) is 1. The van der Waals surface area contributed by atoms with Gasteiger partial charge in [0.2, 0.25) is 0 Å². The van der Waals surface area contributed by atoms with Gasteiger partial charge in [0.25, 0.3) is 0 Å². The van der Waals surface area contributed by atoms with Crippen molar-refractivity contribution in [3.05, 3.63) is 23.8 Å². The smallest absolute Gasteiger partial charge is 0.124 e. The van der Waals surface area contributed by atoms with Crippen LogP contribution in [-0.2, 0) is 0 Å². The van der Waals surface area contributed by atoms with E-state index in [0.717, 1.165) is 31.0 Å². The van der Waals surface area contributed by atoms with E-state index in [9.17, 15) is 0 Å². The zero-order chi connectivity index (χ0) is 15.1. The summed E-state index contributed by atoms with van der Waals surface area (Å²) in [5.74, 6) is 1.88. The molecule has 0 radical (unpaired) electrons. The van der Waals surface area contributed by atoms with Crippen LogP contribution in [0, 0.1) is 0 Å². The van der Waals surface area contributed by atoms with Crippen molar-refractivity contribution in [2.75, 3.05) is 32.8 Å². The molecule has 0 aliphatic carbocycles. The highest BCUT2D eigenvalue weighted by Crippen LogP contribution is 2.36. The van der Waals surface area contributed by atoms with Gasteiger partial charge in [-0.05, 0) is 70.9 Å². The second-order valence-corrected chi connectivity index (χ2v) is 5.40. The molecule has 0 spiro atoms. The van der Waals surface area contributed by atoms with Crippen LogP contribution in [0.2, 0.25) is 0 Å². The van der Waals surface area contributed by atoms with Crippen LogP contribution in [0.5, 0.6) is 11.5 Å². The van der Waals surface area contributed by atoms with Crippen LogP contribution in [0.4, 0.5) is 0 Å². The largest absolute Gasteiger partial charge is 0.494 e. The SMILES string of the molecule is CCOc1ccc(OCC)c(C(CCN)N2CCCC2)c1. The molecule has 21 heavy (non-hydrogen) atoms. The first kappa shape index (κ1) is 16.1. The zero-order valence-corrected chi connectivity index (χ0v) is 13.3. The molecule has 0 bridgehead atoms. The fourth-order valence-electron chi connectivity index (χ4n) is 3.08. The quantitative estimate of drug-likeness (QED) is 0.800. The third kappa shape index (κ3) is 4.11. The molecule has 1 atom stereocenters. The van der Waals surface area contributed by atoms with E-state index >= 15 is 0 Å². The minimum Gasteiger partial charge on any atom is -0.494 e. The second kappa shape index (κ2) is 8.25. The first-order valence-electron chi connectivity index (χ1n) is 8.13. The lowest BCUT2D eigenvalue weighted by atomic mass is 10.0. The normalized spacial score (nSPS) is 16.9. The Kier molecular flexibility index (Phi) is 6.33. The van der Waals surface area contributed by atoms with Gasteiger partial charge in [-0.3, -0.25) is 4.90 Å². The lowest BCUT2D eigenvalue weighted by Gasteiger charge is -2.29. The number of rotatable bonds is 8. The highest BCUT2D eigenvalue weighted by Gasteiger charge is 2.25. The minimum atomic E-state index is 0.333. The van der Waals surface area contributed by atoms with Crippen LogP contribution in [0.25, 0.3) is 0 Å². The van der Waals surface area contributed by atoms with E-state index in [2.05, 4.69) is 11.0 Å². The van der Waals surface area contributed by atoms with Crippen LogP contribution in [-0.4, -0.2) is 37.7 Å². The fourth-order valence-corrected chi connectivity index (χ4v) is 3.08. The summed E-state index contributed by atoms with van der Waals surface area (Å²) in [7, 11) is 0. The van der Waals surface area contributed by atoms with Gasteiger partial charge in [-0.2, -0.15) is 0 Å². The molecule has 4 nitrogen and oxygen atoms in total. The molecule has 1 unspecified atom stereocenters. The van der Waals surface area contributed by atoms with E-state index in [1.165, 1.54) is 18.4 Å². The summed E-state index contributed by atoms with van der Waals surface area (Å²) in [5, 5.41) is 0. The summed E-state index contributed by atoms with van der Waals surface area (Å²) in [4.78, 5) is 2.53. The summed E-state index contributed by atoms with van der Waals surface area (Å²) >= 11 is 0. The van der Waals surface area contributed by atoms with Crippen LogP contribution >= 0.6 is 0 Å². The number of hydrogen-bond acceptors (Lipinski definition) is 4. The van der Waals surface area contributed by atoms with Crippen LogP contribution in [0.3, 0.4) is 0 Å². The molecule has 2 rings (SSSR count). The van der Waals surface area contributed by atoms with E-state index in [4.69, 9.17) is 15.2 Å². The third-order valence-electron chi connectivity index (χ3n) is 3.97. The van der Waals surface area contributed by atoms with E-state index in [-0.39, 0.29) is 0 Å². The average Bonchev–Trinajstić information content (AvgIpc) is 3.01. The molecule has 0 amide bonds. The lowest BCUT2D eigenvalue weighted by molar-refractivity contribution is 0.226. The molecule has 1 aliphatic heterocycles. The highest BCUT2D eigenvalue weighted by atomic mass is 16.5. The van der Waals surface area contributed by atoms with Gasteiger partial charge < -0.3 is 15.2 Å². The maximum absolute atomic E-state index is 5.86. The van der Waals surface area contributed by atoms with E-state index in [1.54, 1.807) is 0 Å². The third-order valence-corrected chi connectivity index (χ3v) is 3.97. The summed E-state index contributed by atoms with van der Waals surface area (Å²) < 4.78 is 11.5. The topological polar surface area (TPSA) is 47.7 Å². The molecule has 4 heteroatoms. The van der Waals surface area contributed by atoms with Crippen molar-refractivity contribution in [2.45, 2.75) is 39.2 Å². The van der Waals surface area contributed by atoms with Crippen LogP contribution in [0.1, 0.15) is 44.7 Å². The monoisotopic (exact) mass is 292 g/mol. The van der Waals surface area contributed by atoms with Crippen molar-refractivity contribution in [3.8, 4) is 11.5 Å². The summed E-state index contributed by atoms with van der Waals surface area (Å²) in [5.41, 5.74) is 7.07. The first-order valence-corrected chi connectivity index (χ1v) is 8.13.